The molecule has 0 amide bonds. The highest BCUT2D eigenvalue weighted by Gasteiger charge is 2.49. The SMILES string of the molecule is [2H]C1([2H])CC[C@@]2(COc3nc(N4C[C@H]5CC[C@@H](C4)N5)c4cnn(-c5cc(O)cc6ccc(F)c(C#C)c56)c(=O)c4n3)C[C@@]([2H])(F)CN12. The Labute approximate surface area is 255 Å². The Bertz CT molecular complexity index is 2060. The number of aromatic hydroxyl groups is 1. The summed E-state index contributed by atoms with van der Waals surface area (Å²) < 4.78 is 61.8. The molecular weight excluding hydrogens is 568 g/mol. The molecule has 0 radical (unpaired) electrons. The Morgan fingerprint density at radius 2 is 2.07 bits per heavy atom. The second-order valence-electron chi connectivity index (χ2n) is 12.1. The van der Waals surface area contributed by atoms with E-state index in [2.05, 4.69) is 26.2 Å². The number of aromatic nitrogens is 4. The Balaban J connectivity index is 1.27. The number of anilines is 1. The minimum atomic E-state index is -2.34. The molecule has 2 N–H and O–H groups in total. The van der Waals surface area contributed by atoms with Crippen molar-refractivity contribution in [2.75, 3.05) is 37.6 Å². The zero-order valence-electron chi connectivity index (χ0n) is 26.7. The van der Waals surface area contributed by atoms with Crippen LogP contribution in [0.25, 0.3) is 27.4 Å². The lowest BCUT2D eigenvalue weighted by atomic mass is 9.95. The van der Waals surface area contributed by atoms with E-state index in [1.807, 2.05) is 0 Å². The first-order valence-electron chi connectivity index (χ1n) is 16.2. The maximum absolute atomic E-state index is 15.0. The van der Waals surface area contributed by atoms with Crippen LogP contribution in [0.1, 0.15) is 41.8 Å². The van der Waals surface area contributed by atoms with E-state index < -0.39 is 29.6 Å². The van der Waals surface area contributed by atoms with Gasteiger partial charge in [0, 0.05) is 52.3 Å². The van der Waals surface area contributed by atoms with Crippen LogP contribution in [0.15, 0.2) is 35.3 Å². The molecule has 4 aliphatic rings. The minimum absolute atomic E-state index is 0.0520. The summed E-state index contributed by atoms with van der Waals surface area (Å²) in [5, 5.41) is 19.5. The van der Waals surface area contributed by atoms with Crippen LogP contribution in [0, 0.1) is 18.2 Å². The van der Waals surface area contributed by atoms with Gasteiger partial charge in [0.05, 0.1) is 29.7 Å². The number of piperazine rings is 1. The molecule has 2 aromatic heterocycles. The number of phenolic OH excluding ortho intramolecular Hbond substituents is 1. The predicted octanol–water partition coefficient (Wildman–Crippen LogP) is 3.05. The van der Waals surface area contributed by atoms with Crippen molar-refractivity contribution in [3.63, 3.8) is 0 Å². The van der Waals surface area contributed by atoms with Gasteiger partial charge >= 0.3 is 6.01 Å². The summed E-state index contributed by atoms with van der Waals surface area (Å²) in [5.41, 5.74) is -1.86. The highest BCUT2D eigenvalue weighted by Crippen LogP contribution is 2.40. The first-order chi connectivity index (χ1) is 22.4. The number of ether oxygens (including phenoxy) is 1. The van der Waals surface area contributed by atoms with E-state index in [4.69, 9.17) is 20.3 Å². The minimum Gasteiger partial charge on any atom is -0.508 e. The number of terminal acetylenes is 1. The lowest BCUT2D eigenvalue weighted by Gasteiger charge is -2.34. The number of hydrogen-bond acceptors (Lipinski definition) is 9. The number of nitrogens with one attached hydrogen (secondary N) is 1. The van der Waals surface area contributed by atoms with E-state index in [1.165, 1.54) is 35.4 Å². The van der Waals surface area contributed by atoms with Gasteiger partial charge in [-0.3, -0.25) is 9.69 Å². The van der Waals surface area contributed by atoms with E-state index in [1.54, 1.807) is 0 Å². The fourth-order valence-electron chi connectivity index (χ4n) is 7.26. The standard InChI is InChI=1S/C32H31F2N7O3/c1-2-23-25(34)7-4-18-10-22(42)11-26(27(18)23)41-30(43)28-24(13-35-41)29(39-15-20-5-6-21(16-39)36-20)38-31(37-28)44-17-32-8-3-9-40(32)14-19(33)12-32/h1,4,7,10-11,13,19-21,36,42H,3,5-6,8-9,12,14-17H2/t19-,20-,21+,32+/m1/s1/i9D2,19D. The van der Waals surface area contributed by atoms with Crippen LogP contribution in [-0.2, 0) is 0 Å². The lowest BCUT2D eigenvalue weighted by molar-refractivity contribution is 0.107. The molecule has 4 aromatic rings. The number of nitrogens with zero attached hydrogens (tertiary/aromatic N) is 6. The molecule has 0 unspecified atom stereocenters. The van der Waals surface area contributed by atoms with Gasteiger partial charge in [-0.25, -0.2) is 8.78 Å². The molecule has 2 aromatic carbocycles. The average molecular weight is 603 g/mol. The quantitative estimate of drug-likeness (QED) is 0.333. The van der Waals surface area contributed by atoms with E-state index >= 15 is 0 Å². The fourth-order valence-corrected chi connectivity index (χ4v) is 7.26. The monoisotopic (exact) mass is 602 g/mol. The molecule has 44 heavy (non-hydrogen) atoms. The van der Waals surface area contributed by atoms with Crippen molar-refractivity contribution < 1.29 is 22.7 Å². The first kappa shape index (κ1) is 24.0. The van der Waals surface area contributed by atoms with Crippen LogP contribution in [0.3, 0.4) is 0 Å². The molecule has 6 heterocycles. The van der Waals surface area contributed by atoms with Crippen molar-refractivity contribution >= 4 is 27.5 Å². The number of alkyl halides is 1. The highest BCUT2D eigenvalue weighted by molar-refractivity contribution is 5.97. The van der Waals surface area contributed by atoms with Gasteiger partial charge in [0.25, 0.3) is 5.56 Å². The van der Waals surface area contributed by atoms with E-state index in [9.17, 15) is 18.7 Å². The largest absolute Gasteiger partial charge is 0.508 e. The lowest BCUT2D eigenvalue weighted by Crippen LogP contribution is -2.51. The summed E-state index contributed by atoms with van der Waals surface area (Å²) in [7, 11) is 0. The average Bonchev–Trinajstić information content (AvgIpc) is 3.60. The Morgan fingerprint density at radius 3 is 2.86 bits per heavy atom. The zero-order chi connectivity index (χ0) is 32.9. The second-order valence-corrected chi connectivity index (χ2v) is 12.1. The van der Waals surface area contributed by atoms with Crippen LogP contribution >= 0.6 is 0 Å². The van der Waals surface area contributed by atoms with E-state index in [-0.39, 0.29) is 78.4 Å². The smallest absolute Gasteiger partial charge is 0.319 e. The third-order valence-electron chi connectivity index (χ3n) is 9.31. The van der Waals surface area contributed by atoms with Crippen molar-refractivity contribution in [1.29, 1.82) is 0 Å². The third kappa shape index (κ3) is 4.29. The molecule has 0 saturated carbocycles. The van der Waals surface area contributed by atoms with Crippen molar-refractivity contribution in [3.8, 4) is 29.8 Å². The molecular formula is C32H31F2N7O3. The molecule has 10 nitrogen and oxygen atoms in total. The third-order valence-corrected chi connectivity index (χ3v) is 9.31. The Morgan fingerprint density at radius 1 is 1.25 bits per heavy atom. The Kier molecular flexibility index (Phi) is 5.52. The number of hydrogen-bond donors (Lipinski definition) is 2. The van der Waals surface area contributed by atoms with Gasteiger partial charge in [-0.1, -0.05) is 12.0 Å². The number of rotatable bonds is 5. The molecule has 4 saturated heterocycles. The van der Waals surface area contributed by atoms with Gasteiger partial charge in [-0.15, -0.1) is 6.42 Å². The maximum Gasteiger partial charge on any atom is 0.319 e. The van der Waals surface area contributed by atoms with Gasteiger partial charge in [-0.2, -0.15) is 19.7 Å². The van der Waals surface area contributed by atoms with E-state index in [0.29, 0.717) is 29.7 Å². The number of benzene rings is 2. The van der Waals surface area contributed by atoms with Crippen molar-refractivity contribution in [1.82, 2.24) is 30.0 Å². The second kappa shape index (κ2) is 10.1. The predicted molar refractivity (Wildman–Crippen MR) is 161 cm³/mol. The first-order valence-corrected chi connectivity index (χ1v) is 14.7. The normalized spacial score (nSPS) is 30.2. The molecule has 4 fully saturated rings. The topological polar surface area (TPSA) is 109 Å². The van der Waals surface area contributed by atoms with Gasteiger partial charge in [0.1, 0.15) is 35.7 Å². The van der Waals surface area contributed by atoms with Crippen LogP contribution in [0.4, 0.5) is 14.6 Å². The highest BCUT2D eigenvalue weighted by atomic mass is 19.1. The molecule has 0 spiro atoms. The molecule has 4 atom stereocenters. The van der Waals surface area contributed by atoms with Gasteiger partial charge < -0.3 is 20.1 Å². The summed E-state index contributed by atoms with van der Waals surface area (Å²) in [6.45, 7) is -1.13. The zero-order valence-corrected chi connectivity index (χ0v) is 23.7. The van der Waals surface area contributed by atoms with Crippen molar-refractivity contribution in [2.24, 2.45) is 0 Å². The van der Waals surface area contributed by atoms with E-state index in [0.717, 1.165) is 17.5 Å². The number of halogens is 2. The molecule has 0 aliphatic carbocycles. The summed E-state index contributed by atoms with van der Waals surface area (Å²) in [6.07, 6.45) is 6.97. The van der Waals surface area contributed by atoms with Crippen LogP contribution in [0.2, 0.25) is 0 Å². The number of fused-ring (bicyclic) bond motifs is 5. The molecule has 2 bridgehead atoms. The molecule has 226 valence electrons. The summed E-state index contributed by atoms with van der Waals surface area (Å²) in [6, 6.07) is 5.63. The van der Waals surface area contributed by atoms with Crippen LogP contribution in [0.5, 0.6) is 11.8 Å². The van der Waals surface area contributed by atoms with Crippen molar-refractivity contribution in [2.45, 2.75) is 55.9 Å². The summed E-state index contributed by atoms with van der Waals surface area (Å²) in [4.78, 5) is 26.9. The molecule has 8 rings (SSSR count). The van der Waals surface area contributed by atoms with Gasteiger partial charge in [0.2, 0.25) is 0 Å². The summed E-state index contributed by atoms with van der Waals surface area (Å²) >= 11 is 0. The maximum atomic E-state index is 15.0. The molecule has 12 heteroatoms. The Hall–Kier alpha value is -4.34. The molecule has 4 aliphatic heterocycles. The van der Waals surface area contributed by atoms with Crippen molar-refractivity contribution in [3.05, 3.63) is 52.2 Å². The number of phenols is 1. The van der Waals surface area contributed by atoms with Gasteiger partial charge in [0.15, 0.2) is 0 Å². The van der Waals surface area contributed by atoms with Gasteiger partial charge in [-0.05, 0) is 49.7 Å². The fraction of sp³-hybridized carbons (Fsp3) is 0.438. The summed E-state index contributed by atoms with van der Waals surface area (Å²) in [5.74, 6) is 1.92. The van der Waals surface area contributed by atoms with Crippen LogP contribution < -0.4 is 20.5 Å². The van der Waals surface area contributed by atoms with Crippen LogP contribution in [-0.4, -0.2) is 86.3 Å².